The van der Waals surface area contributed by atoms with E-state index in [9.17, 15) is 9.59 Å². The molecule has 7 heteroatoms. The van der Waals surface area contributed by atoms with Crippen LogP contribution in [-0.4, -0.2) is 36.6 Å². The van der Waals surface area contributed by atoms with Crippen molar-refractivity contribution < 1.29 is 19.1 Å². The number of rotatable bonds is 3. The van der Waals surface area contributed by atoms with Gasteiger partial charge in [0.25, 0.3) is 0 Å². The molecule has 0 saturated heterocycles. The van der Waals surface area contributed by atoms with E-state index in [1.165, 1.54) is 0 Å². The molecule has 2 aliphatic rings. The van der Waals surface area contributed by atoms with Gasteiger partial charge in [0.1, 0.15) is 6.61 Å². The Morgan fingerprint density at radius 2 is 2.00 bits per heavy atom. The van der Waals surface area contributed by atoms with Gasteiger partial charge in [-0.15, -0.1) is 0 Å². The van der Waals surface area contributed by atoms with Gasteiger partial charge in [-0.2, -0.15) is 0 Å². The molecule has 5 nitrogen and oxygen atoms in total. The van der Waals surface area contributed by atoms with Crippen molar-refractivity contribution in [1.82, 2.24) is 4.90 Å². The number of halogens is 2. The average Bonchev–Trinajstić information content (AvgIpc) is 2.94. The molecule has 26 heavy (non-hydrogen) atoms. The number of hydrogen-bond acceptors (Lipinski definition) is 5. The summed E-state index contributed by atoms with van der Waals surface area (Å²) >= 11 is 12.2. The normalized spacial score (nSPS) is 19.9. The van der Waals surface area contributed by atoms with Gasteiger partial charge in [0.2, 0.25) is 0 Å². The Labute approximate surface area is 162 Å². The predicted molar refractivity (Wildman–Crippen MR) is 98.9 cm³/mol. The fraction of sp³-hybridized carbons (Fsp3) is 0.368. The molecule has 2 aliphatic heterocycles. The number of cyclic esters (lactones) is 1. The molecule has 1 aromatic rings. The number of hydrogen-bond donors (Lipinski definition) is 0. The molecule has 2 heterocycles. The van der Waals surface area contributed by atoms with Crippen LogP contribution in [0, 0.1) is 0 Å². The lowest BCUT2D eigenvalue weighted by Crippen LogP contribution is -2.32. The van der Waals surface area contributed by atoms with Crippen molar-refractivity contribution in [2.75, 3.05) is 13.7 Å². The minimum atomic E-state index is -0.614. The van der Waals surface area contributed by atoms with Gasteiger partial charge in [0, 0.05) is 12.7 Å². The van der Waals surface area contributed by atoms with E-state index in [4.69, 9.17) is 32.7 Å². The topological polar surface area (TPSA) is 55.8 Å². The van der Waals surface area contributed by atoms with Crippen LogP contribution in [0.15, 0.2) is 40.7 Å². The first-order valence-electron chi connectivity index (χ1n) is 8.23. The van der Waals surface area contributed by atoms with Gasteiger partial charge in [-0.3, -0.25) is 0 Å². The highest BCUT2D eigenvalue weighted by Gasteiger charge is 2.44. The Balaban J connectivity index is 2.20. The van der Waals surface area contributed by atoms with Crippen LogP contribution in [0.25, 0.3) is 0 Å². The first-order valence-corrected chi connectivity index (χ1v) is 8.98. The number of benzene rings is 1. The zero-order valence-electron chi connectivity index (χ0n) is 14.9. The highest BCUT2D eigenvalue weighted by Crippen LogP contribution is 2.45. The van der Waals surface area contributed by atoms with Crippen molar-refractivity contribution in [1.29, 1.82) is 0 Å². The van der Waals surface area contributed by atoms with Crippen LogP contribution in [0.1, 0.15) is 32.3 Å². The van der Waals surface area contributed by atoms with E-state index in [-0.39, 0.29) is 12.7 Å². The molecule has 1 atom stereocenters. The molecule has 1 aromatic carbocycles. The third-order valence-corrected chi connectivity index (χ3v) is 5.32. The van der Waals surface area contributed by atoms with E-state index >= 15 is 0 Å². The van der Waals surface area contributed by atoms with Gasteiger partial charge in [-0.1, -0.05) is 29.3 Å². The largest absolute Gasteiger partial charge is 0.460 e. The smallest absolute Gasteiger partial charge is 0.337 e. The minimum absolute atomic E-state index is 0.173. The number of esters is 2. The standard InChI is InChI=1S/C19H19Cl2NO4/c1-9(2)26-19(24)15-10(3)22(4)14-8-25-18(23)17(14)16(15)11-5-6-12(20)13(21)7-11/h5-7,9,16H,8H2,1-4H3. The SMILES string of the molecule is CC1=C(C(=O)OC(C)C)C(c2ccc(Cl)c(Cl)c2)C2=C(COC2=O)N1C. The molecule has 0 saturated carbocycles. The van der Waals surface area contributed by atoms with Crippen molar-refractivity contribution in [3.8, 4) is 0 Å². The Bertz CT molecular complexity index is 857. The second-order valence-electron chi connectivity index (χ2n) is 6.56. The van der Waals surface area contributed by atoms with Crippen LogP contribution in [0.3, 0.4) is 0 Å². The van der Waals surface area contributed by atoms with Crippen molar-refractivity contribution >= 4 is 35.1 Å². The number of ether oxygens (including phenoxy) is 2. The van der Waals surface area contributed by atoms with Crippen molar-refractivity contribution in [3.63, 3.8) is 0 Å². The quantitative estimate of drug-likeness (QED) is 0.722. The second-order valence-corrected chi connectivity index (χ2v) is 7.37. The number of nitrogens with zero attached hydrogens (tertiary/aromatic N) is 1. The van der Waals surface area contributed by atoms with Crippen LogP contribution in [0.4, 0.5) is 0 Å². The molecule has 0 aromatic heterocycles. The summed E-state index contributed by atoms with van der Waals surface area (Å²) in [5.74, 6) is -1.52. The van der Waals surface area contributed by atoms with E-state index in [0.717, 1.165) is 5.70 Å². The fourth-order valence-corrected chi connectivity index (χ4v) is 3.58. The summed E-state index contributed by atoms with van der Waals surface area (Å²) in [5, 5.41) is 0.754. The molecule has 0 aliphatic carbocycles. The number of allylic oxidation sites excluding steroid dienone is 1. The molecule has 3 rings (SSSR count). The van der Waals surface area contributed by atoms with E-state index in [0.29, 0.717) is 32.5 Å². The number of likely N-dealkylation sites (N-methyl/N-ethyl adjacent to an activating group) is 1. The molecular formula is C19H19Cl2NO4. The maximum atomic E-state index is 12.9. The Morgan fingerprint density at radius 1 is 1.31 bits per heavy atom. The van der Waals surface area contributed by atoms with Crippen molar-refractivity contribution in [2.45, 2.75) is 32.8 Å². The summed E-state index contributed by atoms with van der Waals surface area (Å²) in [5.41, 5.74) is 2.98. The van der Waals surface area contributed by atoms with Crippen molar-refractivity contribution in [2.24, 2.45) is 0 Å². The van der Waals surface area contributed by atoms with Gasteiger partial charge < -0.3 is 14.4 Å². The molecule has 138 valence electrons. The molecule has 0 bridgehead atoms. The summed E-state index contributed by atoms with van der Waals surface area (Å²) in [6.07, 6.45) is -0.284. The molecular weight excluding hydrogens is 377 g/mol. The maximum Gasteiger partial charge on any atom is 0.337 e. The number of carbonyl (C=O) groups is 2. The zero-order valence-corrected chi connectivity index (χ0v) is 16.4. The summed E-state index contributed by atoms with van der Waals surface area (Å²) in [6, 6.07) is 5.08. The minimum Gasteiger partial charge on any atom is -0.460 e. The maximum absolute atomic E-state index is 12.9. The fourth-order valence-electron chi connectivity index (χ4n) is 3.27. The van der Waals surface area contributed by atoms with Gasteiger partial charge in [0.05, 0.1) is 38.9 Å². The Morgan fingerprint density at radius 3 is 2.62 bits per heavy atom. The highest BCUT2D eigenvalue weighted by molar-refractivity contribution is 6.42. The average molecular weight is 396 g/mol. The van der Waals surface area contributed by atoms with Gasteiger partial charge in [-0.05, 0) is 38.5 Å². The molecule has 0 spiro atoms. The zero-order chi connectivity index (χ0) is 19.2. The Hall–Kier alpha value is -1.98. The van der Waals surface area contributed by atoms with E-state index in [1.54, 1.807) is 39.1 Å². The van der Waals surface area contributed by atoms with Crippen LogP contribution >= 0.6 is 23.2 Å². The third kappa shape index (κ3) is 3.10. The van der Waals surface area contributed by atoms with E-state index in [2.05, 4.69) is 0 Å². The number of carbonyl (C=O) groups excluding carboxylic acids is 2. The summed E-state index contributed by atoms with van der Waals surface area (Å²) in [6.45, 7) is 5.56. The highest BCUT2D eigenvalue weighted by atomic mass is 35.5. The van der Waals surface area contributed by atoms with E-state index < -0.39 is 17.9 Å². The molecule has 0 radical (unpaired) electrons. The third-order valence-electron chi connectivity index (χ3n) is 4.59. The monoisotopic (exact) mass is 395 g/mol. The van der Waals surface area contributed by atoms with Gasteiger partial charge >= 0.3 is 11.9 Å². The van der Waals surface area contributed by atoms with Crippen molar-refractivity contribution in [3.05, 3.63) is 56.3 Å². The van der Waals surface area contributed by atoms with Crippen LogP contribution in [-0.2, 0) is 19.1 Å². The predicted octanol–water partition coefficient (Wildman–Crippen LogP) is 4.06. The molecule has 0 N–H and O–H groups in total. The lowest BCUT2D eigenvalue weighted by Gasteiger charge is -2.33. The molecule has 0 fully saturated rings. The summed E-state index contributed by atoms with van der Waals surface area (Å²) in [7, 11) is 1.81. The van der Waals surface area contributed by atoms with Crippen LogP contribution in [0.2, 0.25) is 10.0 Å². The first-order chi connectivity index (χ1) is 12.2. The first kappa shape index (κ1) is 18.8. The van der Waals surface area contributed by atoms with E-state index in [1.807, 2.05) is 11.8 Å². The summed E-state index contributed by atoms with van der Waals surface area (Å²) in [4.78, 5) is 27.1. The second kappa shape index (κ2) is 6.97. The van der Waals surface area contributed by atoms with Gasteiger partial charge in [-0.25, -0.2) is 9.59 Å². The van der Waals surface area contributed by atoms with Crippen LogP contribution < -0.4 is 0 Å². The molecule has 1 unspecified atom stereocenters. The molecule has 0 amide bonds. The Kier molecular flexibility index (Phi) is 5.04. The summed E-state index contributed by atoms with van der Waals surface area (Å²) < 4.78 is 10.7. The lowest BCUT2D eigenvalue weighted by molar-refractivity contribution is -0.143. The van der Waals surface area contributed by atoms with Crippen LogP contribution in [0.5, 0.6) is 0 Å². The lowest BCUT2D eigenvalue weighted by atomic mass is 9.80. The van der Waals surface area contributed by atoms with Gasteiger partial charge in [0.15, 0.2) is 0 Å².